The van der Waals surface area contributed by atoms with E-state index in [2.05, 4.69) is 49.9 Å². The molecule has 0 unspecified atom stereocenters. The van der Waals surface area contributed by atoms with Crippen molar-refractivity contribution in [3.63, 3.8) is 0 Å². The van der Waals surface area contributed by atoms with E-state index in [0.717, 1.165) is 34.8 Å². The normalized spacial score (nSPS) is 14.8. The molecule has 2 aromatic carbocycles. The van der Waals surface area contributed by atoms with Crippen molar-refractivity contribution in [2.24, 2.45) is 0 Å². The number of hydrogen-bond acceptors (Lipinski definition) is 8. The molecule has 10 nitrogen and oxygen atoms in total. The molecule has 244 valence electrons. The Hall–Kier alpha value is -4.25. The van der Waals surface area contributed by atoms with E-state index in [1.54, 1.807) is 23.9 Å². The minimum absolute atomic E-state index is 0. The molecule has 0 spiro atoms. The van der Waals surface area contributed by atoms with Crippen LogP contribution in [0, 0.1) is 6.92 Å². The first-order chi connectivity index (χ1) is 20.9. The van der Waals surface area contributed by atoms with Crippen molar-refractivity contribution < 1.29 is 9.53 Å². The summed E-state index contributed by atoms with van der Waals surface area (Å²) < 4.78 is 6.95. The monoisotopic (exact) mass is 685 g/mol. The van der Waals surface area contributed by atoms with Gasteiger partial charge in [0.15, 0.2) is 5.82 Å². The molecule has 0 saturated heterocycles. The van der Waals surface area contributed by atoms with Crippen LogP contribution in [0.5, 0.6) is 5.75 Å². The molecule has 4 heterocycles. The summed E-state index contributed by atoms with van der Waals surface area (Å²) in [7, 11) is 1.65. The summed E-state index contributed by atoms with van der Waals surface area (Å²) in [5, 5.41) is 6.29. The highest BCUT2D eigenvalue weighted by Gasteiger charge is 2.31. The smallest absolute Gasteiger partial charge is 0.294 e. The van der Waals surface area contributed by atoms with Gasteiger partial charge in [-0.05, 0) is 66.3 Å². The third-order valence-electron chi connectivity index (χ3n) is 8.25. The van der Waals surface area contributed by atoms with E-state index in [1.165, 1.54) is 11.1 Å². The summed E-state index contributed by atoms with van der Waals surface area (Å²) in [5.74, 6) is 1.23. The summed E-state index contributed by atoms with van der Waals surface area (Å²) in [6.45, 7) is 3.33. The molecule has 2 aliphatic heterocycles. The first kappa shape index (κ1) is 36.2. The Balaban J connectivity index is 0.00000192. The van der Waals surface area contributed by atoms with Crippen LogP contribution < -0.4 is 26.7 Å². The third-order valence-corrected chi connectivity index (χ3v) is 8.25. The zero-order valence-electron chi connectivity index (χ0n) is 25.5. The number of carbonyl (C=O) groups is 1. The number of fused-ring (bicyclic) bond motifs is 2. The van der Waals surface area contributed by atoms with Gasteiger partial charge in [-0.2, -0.15) is 0 Å². The molecule has 2 aliphatic rings. The Kier molecular flexibility index (Phi) is 12.5. The fourth-order valence-corrected chi connectivity index (χ4v) is 5.83. The molecule has 6 rings (SSSR count). The van der Waals surface area contributed by atoms with Gasteiger partial charge in [-0.1, -0.05) is 42.5 Å². The number of halogens is 3. The van der Waals surface area contributed by atoms with Gasteiger partial charge < -0.3 is 26.0 Å². The molecule has 46 heavy (non-hydrogen) atoms. The van der Waals surface area contributed by atoms with Gasteiger partial charge in [0.1, 0.15) is 17.6 Å². The number of hydrogen-bond donors (Lipinski definition) is 3. The number of pyridine rings is 1. The quantitative estimate of drug-likeness (QED) is 0.218. The first-order valence-corrected chi connectivity index (χ1v) is 14.4. The van der Waals surface area contributed by atoms with Gasteiger partial charge in [0, 0.05) is 43.4 Å². The SMILES string of the molecule is COc1ccc([C@@H](CNc2ncc3n(c2=O)[C@H](C(=O)NCc2ccc(N)nc2C)CC3)N2C=Cc3ccccc3C2)cc1.Cl.Cl.Cl. The first-order valence-electron chi connectivity index (χ1n) is 14.4. The number of benzene rings is 2. The second kappa shape index (κ2) is 15.8. The standard InChI is InChI=1S/C33H35N7O3.3ClH/c1-21-24(9-14-30(34)38-21)17-37-32(41)28-13-10-26-18-35-31(33(42)40(26)28)36-19-29(23-7-11-27(43-2)12-8-23)39-16-15-22-5-3-4-6-25(22)20-39;;;/h3-9,11-12,14-16,18,28-29H,10,13,17,19-20H2,1-2H3,(H2,34,38)(H,35,36)(H,37,41);3*1H/t28-,29+;;;/m0.../s1. The fourth-order valence-electron chi connectivity index (χ4n) is 5.83. The number of aryl methyl sites for hydroxylation is 2. The van der Waals surface area contributed by atoms with E-state index < -0.39 is 6.04 Å². The molecule has 13 heteroatoms. The molecule has 2 atom stereocenters. The zero-order chi connectivity index (χ0) is 29.9. The van der Waals surface area contributed by atoms with Crippen molar-refractivity contribution in [3.8, 4) is 5.75 Å². The number of aromatic nitrogens is 3. The van der Waals surface area contributed by atoms with Crippen molar-refractivity contribution >= 4 is 60.8 Å². The molecule has 0 fully saturated rings. The van der Waals surface area contributed by atoms with Crippen LogP contribution in [0.2, 0.25) is 0 Å². The molecule has 0 saturated carbocycles. The molecular formula is C33H38Cl3N7O3. The van der Waals surface area contributed by atoms with Crippen molar-refractivity contribution in [2.45, 2.75) is 44.9 Å². The van der Waals surface area contributed by atoms with Gasteiger partial charge in [-0.15, -0.1) is 37.2 Å². The Morgan fingerprint density at radius 3 is 2.59 bits per heavy atom. The van der Waals surface area contributed by atoms with Gasteiger partial charge in [0.05, 0.1) is 13.2 Å². The number of nitrogen functional groups attached to an aromatic ring is 1. The Morgan fingerprint density at radius 1 is 1.09 bits per heavy atom. The van der Waals surface area contributed by atoms with Crippen molar-refractivity contribution in [3.05, 3.63) is 117 Å². The van der Waals surface area contributed by atoms with E-state index in [4.69, 9.17) is 10.5 Å². The third kappa shape index (κ3) is 7.58. The maximum Gasteiger partial charge on any atom is 0.294 e. The van der Waals surface area contributed by atoms with Crippen LogP contribution in [-0.2, 0) is 24.3 Å². The number of nitrogens with zero attached hydrogens (tertiary/aromatic N) is 4. The highest BCUT2D eigenvalue weighted by Crippen LogP contribution is 2.30. The maximum absolute atomic E-state index is 13.7. The fraction of sp³-hybridized carbons (Fsp3) is 0.273. The molecular weight excluding hydrogens is 649 g/mol. The number of nitrogens with two attached hydrogens (primary N) is 1. The van der Waals surface area contributed by atoms with E-state index in [0.29, 0.717) is 31.7 Å². The van der Waals surface area contributed by atoms with Crippen molar-refractivity contribution in [1.82, 2.24) is 24.8 Å². The average Bonchev–Trinajstić information content (AvgIpc) is 3.47. The van der Waals surface area contributed by atoms with E-state index >= 15 is 0 Å². The minimum Gasteiger partial charge on any atom is -0.497 e. The average molecular weight is 687 g/mol. The minimum atomic E-state index is -0.605. The predicted octanol–water partition coefficient (Wildman–Crippen LogP) is 5.25. The van der Waals surface area contributed by atoms with Gasteiger partial charge in [-0.3, -0.25) is 14.2 Å². The predicted molar refractivity (Wildman–Crippen MR) is 188 cm³/mol. The van der Waals surface area contributed by atoms with Gasteiger partial charge in [-0.25, -0.2) is 9.97 Å². The maximum atomic E-state index is 13.7. The van der Waals surface area contributed by atoms with Crippen LogP contribution in [0.1, 0.15) is 52.1 Å². The highest BCUT2D eigenvalue weighted by molar-refractivity contribution is 5.86. The summed E-state index contributed by atoms with van der Waals surface area (Å²) in [6, 6.07) is 19.2. The number of nitrogens with one attached hydrogen (secondary N) is 2. The highest BCUT2D eigenvalue weighted by atomic mass is 35.5. The largest absolute Gasteiger partial charge is 0.497 e. The Morgan fingerprint density at radius 2 is 1.85 bits per heavy atom. The van der Waals surface area contributed by atoms with Crippen molar-refractivity contribution in [2.75, 3.05) is 24.7 Å². The zero-order valence-corrected chi connectivity index (χ0v) is 28.0. The van der Waals surface area contributed by atoms with Crippen LogP contribution in [0.4, 0.5) is 11.6 Å². The number of ether oxygens (including phenoxy) is 1. The lowest BCUT2D eigenvalue weighted by Gasteiger charge is -2.34. The number of carbonyl (C=O) groups excluding carboxylic acids is 1. The molecule has 0 aliphatic carbocycles. The lowest BCUT2D eigenvalue weighted by Crippen LogP contribution is -2.37. The molecule has 2 aromatic heterocycles. The molecule has 4 aromatic rings. The summed E-state index contributed by atoms with van der Waals surface area (Å²) in [5.41, 5.74) is 11.4. The lowest BCUT2D eigenvalue weighted by atomic mass is 9.99. The summed E-state index contributed by atoms with van der Waals surface area (Å²) >= 11 is 0. The van der Waals surface area contributed by atoms with Crippen LogP contribution in [0.25, 0.3) is 6.08 Å². The molecule has 1 amide bonds. The van der Waals surface area contributed by atoms with Crippen molar-refractivity contribution in [1.29, 1.82) is 0 Å². The number of rotatable bonds is 9. The lowest BCUT2D eigenvalue weighted by molar-refractivity contribution is -0.124. The van der Waals surface area contributed by atoms with Gasteiger partial charge in [0.25, 0.3) is 5.56 Å². The molecule has 0 bridgehead atoms. The van der Waals surface area contributed by atoms with Crippen LogP contribution in [0.3, 0.4) is 0 Å². The number of anilines is 2. The van der Waals surface area contributed by atoms with E-state index in [1.807, 2.05) is 49.4 Å². The van der Waals surface area contributed by atoms with Crippen LogP contribution in [0.15, 0.2) is 77.9 Å². The second-order valence-corrected chi connectivity index (χ2v) is 10.9. The van der Waals surface area contributed by atoms with Crippen LogP contribution >= 0.6 is 37.2 Å². The van der Waals surface area contributed by atoms with Gasteiger partial charge in [0.2, 0.25) is 5.91 Å². The molecule has 0 radical (unpaired) electrons. The van der Waals surface area contributed by atoms with E-state index in [9.17, 15) is 9.59 Å². The Bertz CT molecular complexity index is 1750. The number of methoxy groups -OCH3 is 1. The van der Waals surface area contributed by atoms with E-state index in [-0.39, 0.29) is 60.5 Å². The topological polar surface area (TPSA) is 127 Å². The summed E-state index contributed by atoms with van der Waals surface area (Å²) in [4.78, 5) is 38.0. The molecule has 4 N–H and O–H groups in total. The second-order valence-electron chi connectivity index (χ2n) is 10.9. The Labute approximate surface area is 286 Å². The number of amides is 1. The summed E-state index contributed by atoms with van der Waals surface area (Å²) in [6.07, 6.45) is 7.06. The van der Waals surface area contributed by atoms with Crippen LogP contribution in [-0.4, -0.2) is 39.0 Å². The van der Waals surface area contributed by atoms with Gasteiger partial charge >= 0.3 is 0 Å².